The third kappa shape index (κ3) is 4.58. The number of hydrogen-bond donors (Lipinski definition) is 1. The Kier molecular flexibility index (Phi) is 6.27. The van der Waals surface area contributed by atoms with E-state index < -0.39 is 0 Å². The number of likely N-dealkylation sites (tertiary alicyclic amines) is 1. The molecule has 0 aliphatic carbocycles. The molecular formula is C17H23ClN2O. The molecule has 0 unspecified atom stereocenters. The molecule has 4 heteroatoms. The molecule has 0 bridgehead atoms. The van der Waals surface area contributed by atoms with Gasteiger partial charge in [0, 0.05) is 30.6 Å². The van der Waals surface area contributed by atoms with E-state index in [0.29, 0.717) is 12.5 Å². The van der Waals surface area contributed by atoms with Gasteiger partial charge in [-0.25, -0.2) is 0 Å². The summed E-state index contributed by atoms with van der Waals surface area (Å²) in [5, 5.41) is 4.09. The minimum absolute atomic E-state index is 0.274. The Morgan fingerprint density at radius 2 is 2.24 bits per heavy atom. The van der Waals surface area contributed by atoms with Crippen LogP contribution in [-0.2, 0) is 11.2 Å². The number of halogens is 1. The largest absolute Gasteiger partial charge is 0.339 e. The first kappa shape index (κ1) is 16.1. The highest BCUT2D eigenvalue weighted by atomic mass is 35.5. The zero-order valence-corrected chi connectivity index (χ0v) is 13.1. The summed E-state index contributed by atoms with van der Waals surface area (Å²) in [7, 11) is 0. The summed E-state index contributed by atoms with van der Waals surface area (Å²) in [6, 6.07) is 8.21. The highest BCUT2D eigenvalue weighted by molar-refractivity contribution is 6.31. The first-order valence-corrected chi connectivity index (χ1v) is 7.94. The van der Waals surface area contributed by atoms with E-state index in [9.17, 15) is 4.79 Å². The van der Waals surface area contributed by atoms with Gasteiger partial charge in [-0.15, -0.1) is 6.58 Å². The van der Waals surface area contributed by atoms with Gasteiger partial charge in [0.05, 0.1) is 0 Å². The highest BCUT2D eigenvalue weighted by Gasteiger charge is 2.29. The average Bonchev–Trinajstić information content (AvgIpc) is 2.83. The predicted octanol–water partition coefficient (Wildman–Crippen LogP) is 3.04. The van der Waals surface area contributed by atoms with Crippen molar-refractivity contribution in [3.63, 3.8) is 0 Å². The van der Waals surface area contributed by atoms with Crippen molar-refractivity contribution in [3.05, 3.63) is 47.5 Å². The summed E-state index contributed by atoms with van der Waals surface area (Å²) in [5.41, 5.74) is 1.11. The van der Waals surface area contributed by atoms with Crippen molar-refractivity contribution in [3.8, 4) is 0 Å². The summed E-state index contributed by atoms with van der Waals surface area (Å²) in [5.74, 6) is 0.274. The van der Waals surface area contributed by atoms with Crippen molar-refractivity contribution < 1.29 is 4.79 Å². The zero-order chi connectivity index (χ0) is 15.1. The molecule has 1 N–H and O–H groups in total. The normalized spacial score (nSPS) is 18.2. The molecule has 114 valence electrons. The lowest BCUT2D eigenvalue weighted by Gasteiger charge is -2.25. The number of carbonyl (C=O) groups is 1. The second-order valence-electron chi connectivity index (χ2n) is 5.40. The summed E-state index contributed by atoms with van der Waals surface area (Å²) >= 11 is 6.18. The second-order valence-corrected chi connectivity index (χ2v) is 5.81. The molecule has 0 radical (unpaired) electrons. The van der Waals surface area contributed by atoms with Crippen LogP contribution in [-0.4, -0.2) is 36.5 Å². The van der Waals surface area contributed by atoms with Gasteiger partial charge in [-0.2, -0.15) is 0 Å². The topological polar surface area (TPSA) is 32.3 Å². The predicted molar refractivity (Wildman–Crippen MR) is 87.6 cm³/mol. The van der Waals surface area contributed by atoms with Crippen LogP contribution in [0.5, 0.6) is 0 Å². The fourth-order valence-electron chi connectivity index (χ4n) is 2.82. The molecule has 0 spiro atoms. The maximum atomic E-state index is 12.0. The van der Waals surface area contributed by atoms with Crippen molar-refractivity contribution in [2.45, 2.75) is 31.7 Å². The average molecular weight is 307 g/mol. The first-order chi connectivity index (χ1) is 10.2. The quantitative estimate of drug-likeness (QED) is 0.591. The summed E-state index contributed by atoms with van der Waals surface area (Å²) in [6.07, 6.45) is 5.32. The van der Waals surface area contributed by atoms with Gasteiger partial charge in [-0.3, -0.25) is 4.79 Å². The van der Waals surface area contributed by atoms with Crippen LogP contribution in [0.15, 0.2) is 36.9 Å². The van der Waals surface area contributed by atoms with E-state index in [0.717, 1.165) is 49.5 Å². The van der Waals surface area contributed by atoms with Crippen molar-refractivity contribution in [2.75, 3.05) is 19.6 Å². The van der Waals surface area contributed by atoms with Crippen molar-refractivity contribution in [1.82, 2.24) is 10.2 Å². The number of amides is 1. The van der Waals surface area contributed by atoms with Gasteiger partial charge >= 0.3 is 0 Å². The molecule has 1 saturated heterocycles. The lowest BCUT2D eigenvalue weighted by Crippen LogP contribution is -2.36. The van der Waals surface area contributed by atoms with Gasteiger partial charge in [0.1, 0.15) is 0 Å². The molecule has 3 nitrogen and oxygen atoms in total. The Bertz CT molecular complexity index is 489. The summed E-state index contributed by atoms with van der Waals surface area (Å²) in [6.45, 7) is 6.19. The highest BCUT2D eigenvalue weighted by Crippen LogP contribution is 2.23. The number of hydrogen-bond acceptors (Lipinski definition) is 2. The Morgan fingerprint density at radius 1 is 1.43 bits per heavy atom. The lowest BCUT2D eigenvalue weighted by atomic mass is 10.1. The molecule has 1 atom stereocenters. The van der Waals surface area contributed by atoms with Gasteiger partial charge < -0.3 is 10.2 Å². The van der Waals surface area contributed by atoms with E-state index in [4.69, 9.17) is 11.6 Å². The maximum absolute atomic E-state index is 12.0. The molecule has 21 heavy (non-hydrogen) atoms. The maximum Gasteiger partial charge on any atom is 0.222 e. The van der Waals surface area contributed by atoms with Gasteiger partial charge in [0.15, 0.2) is 0 Å². The van der Waals surface area contributed by atoms with E-state index in [1.54, 1.807) is 0 Å². The van der Waals surface area contributed by atoms with E-state index >= 15 is 0 Å². The van der Waals surface area contributed by atoms with E-state index in [2.05, 4.69) is 11.9 Å². The van der Waals surface area contributed by atoms with Crippen LogP contribution >= 0.6 is 11.6 Å². The molecule has 1 fully saturated rings. The molecule has 1 amide bonds. The van der Waals surface area contributed by atoms with Crippen LogP contribution in [0.1, 0.15) is 24.8 Å². The van der Waals surface area contributed by atoms with Gasteiger partial charge in [-0.1, -0.05) is 35.9 Å². The Hall–Kier alpha value is -1.32. The SMILES string of the molecule is C=CCNCC[C@H]1CCC(=O)N1CCc1ccccc1Cl. The molecule has 0 saturated carbocycles. The molecule has 0 aromatic heterocycles. The van der Waals surface area contributed by atoms with Gasteiger partial charge in [0.25, 0.3) is 0 Å². The van der Waals surface area contributed by atoms with E-state index in [1.807, 2.05) is 35.2 Å². The van der Waals surface area contributed by atoms with Gasteiger partial charge in [-0.05, 0) is 37.4 Å². The minimum atomic E-state index is 0.274. The minimum Gasteiger partial charge on any atom is -0.339 e. The number of rotatable bonds is 8. The monoisotopic (exact) mass is 306 g/mol. The Morgan fingerprint density at radius 3 is 3.00 bits per heavy atom. The third-order valence-electron chi connectivity index (χ3n) is 3.98. The van der Waals surface area contributed by atoms with Crippen LogP contribution in [0, 0.1) is 0 Å². The summed E-state index contributed by atoms with van der Waals surface area (Å²) in [4.78, 5) is 14.1. The van der Waals surface area contributed by atoms with E-state index in [-0.39, 0.29) is 5.91 Å². The van der Waals surface area contributed by atoms with Crippen molar-refractivity contribution >= 4 is 17.5 Å². The van der Waals surface area contributed by atoms with Crippen molar-refractivity contribution in [1.29, 1.82) is 0 Å². The van der Waals surface area contributed by atoms with Crippen LogP contribution in [0.2, 0.25) is 5.02 Å². The van der Waals surface area contributed by atoms with Crippen molar-refractivity contribution in [2.24, 2.45) is 0 Å². The second kappa shape index (κ2) is 8.20. The Balaban J connectivity index is 1.85. The van der Waals surface area contributed by atoms with Crippen LogP contribution < -0.4 is 5.32 Å². The smallest absolute Gasteiger partial charge is 0.222 e. The fourth-order valence-corrected chi connectivity index (χ4v) is 3.05. The number of nitrogens with zero attached hydrogens (tertiary/aromatic N) is 1. The van der Waals surface area contributed by atoms with Crippen LogP contribution in [0.3, 0.4) is 0 Å². The fraction of sp³-hybridized carbons (Fsp3) is 0.471. The molecule has 1 aliphatic rings. The van der Waals surface area contributed by atoms with E-state index in [1.165, 1.54) is 0 Å². The molecule has 1 aromatic rings. The number of benzene rings is 1. The lowest BCUT2D eigenvalue weighted by molar-refractivity contribution is -0.129. The molecular weight excluding hydrogens is 284 g/mol. The molecule has 1 aromatic carbocycles. The Labute approximate surface area is 132 Å². The number of nitrogens with one attached hydrogen (secondary N) is 1. The summed E-state index contributed by atoms with van der Waals surface area (Å²) < 4.78 is 0. The van der Waals surface area contributed by atoms with Crippen LogP contribution in [0.25, 0.3) is 0 Å². The molecule has 1 aliphatic heterocycles. The standard InChI is InChI=1S/C17H23ClN2O/c1-2-11-19-12-9-15-7-8-17(21)20(15)13-10-14-5-3-4-6-16(14)18/h2-6,15,19H,1,7-13H2/t15-/m1/s1. The van der Waals surface area contributed by atoms with Crippen LogP contribution in [0.4, 0.5) is 0 Å². The van der Waals surface area contributed by atoms with Gasteiger partial charge in [0.2, 0.25) is 5.91 Å². The molecule has 2 rings (SSSR count). The molecule has 1 heterocycles. The first-order valence-electron chi connectivity index (χ1n) is 7.57. The zero-order valence-electron chi connectivity index (χ0n) is 12.4. The number of carbonyl (C=O) groups excluding carboxylic acids is 1. The third-order valence-corrected chi connectivity index (χ3v) is 4.34.